The van der Waals surface area contributed by atoms with Crippen LogP contribution in [-0.2, 0) is 7.05 Å². The van der Waals surface area contributed by atoms with Gasteiger partial charge in [0.15, 0.2) is 5.82 Å². The highest BCUT2D eigenvalue weighted by atomic mass is 32.2. The van der Waals surface area contributed by atoms with Crippen LogP contribution < -0.4 is 5.32 Å². The molecular weight excluding hydrogens is 329 g/mol. The molecule has 6 nitrogen and oxygen atoms in total. The number of benzene rings is 1. The number of carbonyl (C=O) groups is 1. The summed E-state index contributed by atoms with van der Waals surface area (Å²) in [6.07, 6.45) is 3.49. The topological polar surface area (TPSA) is 63.1 Å². The molecule has 2 heterocycles. The maximum atomic E-state index is 13.5. The van der Waals surface area contributed by atoms with E-state index in [0.717, 1.165) is 18.7 Å². The van der Waals surface area contributed by atoms with Gasteiger partial charge in [-0.1, -0.05) is 12.1 Å². The summed E-state index contributed by atoms with van der Waals surface area (Å²) >= 11 is 1.40. The van der Waals surface area contributed by atoms with Gasteiger partial charge in [-0.25, -0.2) is 9.18 Å². The summed E-state index contributed by atoms with van der Waals surface area (Å²) in [7, 11) is 1.88. The Bertz CT molecular complexity index is 707. The molecule has 0 unspecified atom stereocenters. The second-order valence-electron chi connectivity index (χ2n) is 5.66. The minimum Gasteiger partial charge on any atom is -0.337 e. The Kier molecular flexibility index (Phi) is 5.34. The molecule has 2 aromatic rings. The Hall–Kier alpha value is -2.09. The molecular formula is C16H20FN5OS. The van der Waals surface area contributed by atoms with Crippen LogP contribution in [0.5, 0.6) is 0 Å². The average Bonchev–Trinajstić information content (AvgIpc) is 3.21. The Morgan fingerprint density at radius 3 is 3.04 bits per heavy atom. The van der Waals surface area contributed by atoms with Crippen molar-refractivity contribution in [1.29, 1.82) is 0 Å². The molecule has 24 heavy (non-hydrogen) atoms. The van der Waals surface area contributed by atoms with Gasteiger partial charge in [0.05, 0.1) is 6.04 Å². The number of amides is 2. The third kappa shape index (κ3) is 3.69. The Morgan fingerprint density at radius 1 is 1.46 bits per heavy atom. The van der Waals surface area contributed by atoms with Crippen molar-refractivity contribution in [3.05, 3.63) is 42.2 Å². The quantitative estimate of drug-likeness (QED) is 0.666. The van der Waals surface area contributed by atoms with E-state index in [0.29, 0.717) is 23.7 Å². The van der Waals surface area contributed by atoms with Gasteiger partial charge in [0.2, 0.25) is 0 Å². The molecule has 0 spiro atoms. The standard InChI is InChI=1S/C16H20FN5OS/c1-21-11-19-20-15(21)13-6-4-9-22(13)16(23)18-8-10-24-14-7-3-2-5-12(14)17/h2-3,5,7,11,13H,4,6,8-10H2,1H3,(H,18,23)/t13-/m0/s1. The van der Waals surface area contributed by atoms with Gasteiger partial charge in [-0.2, -0.15) is 0 Å². The van der Waals surface area contributed by atoms with E-state index in [1.165, 1.54) is 17.8 Å². The Morgan fingerprint density at radius 2 is 2.29 bits per heavy atom. The summed E-state index contributed by atoms with van der Waals surface area (Å²) in [5, 5.41) is 10.9. The van der Waals surface area contributed by atoms with Crippen LogP contribution in [0, 0.1) is 5.82 Å². The maximum absolute atomic E-state index is 13.5. The van der Waals surface area contributed by atoms with E-state index >= 15 is 0 Å². The van der Waals surface area contributed by atoms with E-state index in [2.05, 4.69) is 15.5 Å². The number of halogens is 1. The largest absolute Gasteiger partial charge is 0.337 e. The van der Waals surface area contributed by atoms with E-state index in [1.54, 1.807) is 29.4 Å². The zero-order chi connectivity index (χ0) is 16.9. The lowest BCUT2D eigenvalue weighted by Crippen LogP contribution is -2.40. The molecule has 0 aliphatic carbocycles. The van der Waals surface area contributed by atoms with E-state index in [4.69, 9.17) is 0 Å². The highest BCUT2D eigenvalue weighted by Gasteiger charge is 2.32. The first-order chi connectivity index (χ1) is 11.7. The number of nitrogens with one attached hydrogen (secondary N) is 1. The smallest absolute Gasteiger partial charge is 0.318 e. The minimum atomic E-state index is -0.226. The average molecular weight is 349 g/mol. The highest BCUT2D eigenvalue weighted by molar-refractivity contribution is 7.99. The number of carbonyl (C=O) groups excluding carboxylic acids is 1. The van der Waals surface area contributed by atoms with E-state index < -0.39 is 0 Å². The van der Waals surface area contributed by atoms with Crippen LogP contribution in [0.25, 0.3) is 0 Å². The first-order valence-corrected chi connectivity index (χ1v) is 8.91. The fourth-order valence-corrected chi connectivity index (χ4v) is 3.66. The SMILES string of the molecule is Cn1cnnc1[C@@H]1CCCN1C(=O)NCCSc1ccccc1F. The lowest BCUT2D eigenvalue weighted by Gasteiger charge is -2.24. The second kappa shape index (κ2) is 7.65. The summed E-state index contributed by atoms with van der Waals surface area (Å²) in [6, 6.07) is 6.52. The number of aryl methyl sites for hydroxylation is 1. The molecule has 0 saturated carbocycles. The number of urea groups is 1. The van der Waals surface area contributed by atoms with Gasteiger partial charge in [-0.05, 0) is 25.0 Å². The summed E-state index contributed by atoms with van der Waals surface area (Å²) in [5.74, 6) is 1.20. The van der Waals surface area contributed by atoms with Gasteiger partial charge < -0.3 is 14.8 Å². The third-order valence-electron chi connectivity index (χ3n) is 4.03. The number of hydrogen-bond donors (Lipinski definition) is 1. The lowest BCUT2D eigenvalue weighted by atomic mass is 10.2. The maximum Gasteiger partial charge on any atom is 0.318 e. The first-order valence-electron chi connectivity index (χ1n) is 7.92. The molecule has 0 bridgehead atoms. The number of aromatic nitrogens is 3. The van der Waals surface area contributed by atoms with E-state index in [1.807, 2.05) is 11.6 Å². The van der Waals surface area contributed by atoms with Gasteiger partial charge in [0.1, 0.15) is 12.1 Å². The van der Waals surface area contributed by atoms with Gasteiger partial charge >= 0.3 is 6.03 Å². The van der Waals surface area contributed by atoms with Crippen molar-refractivity contribution in [2.45, 2.75) is 23.8 Å². The monoisotopic (exact) mass is 349 g/mol. The minimum absolute atomic E-state index is 0.0308. The third-order valence-corrected chi connectivity index (χ3v) is 5.08. The van der Waals surface area contributed by atoms with Gasteiger partial charge in [0, 0.05) is 30.8 Å². The molecule has 1 atom stereocenters. The van der Waals surface area contributed by atoms with Crippen molar-refractivity contribution in [2.75, 3.05) is 18.8 Å². The van der Waals surface area contributed by atoms with Crippen molar-refractivity contribution < 1.29 is 9.18 Å². The molecule has 1 fully saturated rings. The zero-order valence-electron chi connectivity index (χ0n) is 13.5. The van der Waals surface area contributed by atoms with Crippen LogP contribution in [0.1, 0.15) is 24.7 Å². The van der Waals surface area contributed by atoms with Crippen LogP contribution in [0.4, 0.5) is 9.18 Å². The van der Waals surface area contributed by atoms with Gasteiger partial charge in [-0.3, -0.25) is 0 Å². The fourth-order valence-electron chi connectivity index (χ4n) is 2.85. The molecule has 1 aliphatic rings. The van der Waals surface area contributed by atoms with Crippen molar-refractivity contribution in [3.8, 4) is 0 Å². The number of rotatable bonds is 5. The molecule has 128 valence electrons. The van der Waals surface area contributed by atoms with Crippen LogP contribution in [0.2, 0.25) is 0 Å². The number of hydrogen-bond acceptors (Lipinski definition) is 4. The van der Waals surface area contributed by atoms with Crippen LogP contribution >= 0.6 is 11.8 Å². The Balaban J connectivity index is 1.50. The summed E-state index contributed by atoms with van der Waals surface area (Å²) in [6.45, 7) is 1.20. The Labute approximate surface area is 144 Å². The lowest BCUT2D eigenvalue weighted by molar-refractivity contribution is 0.191. The number of likely N-dealkylation sites (tertiary alicyclic amines) is 1. The van der Waals surface area contributed by atoms with Crippen molar-refractivity contribution in [3.63, 3.8) is 0 Å². The molecule has 3 rings (SSSR count). The molecule has 1 saturated heterocycles. The predicted molar refractivity (Wildman–Crippen MR) is 90.2 cm³/mol. The number of thioether (sulfide) groups is 1. The van der Waals surface area contributed by atoms with Crippen LogP contribution in [-0.4, -0.2) is 44.5 Å². The summed E-state index contributed by atoms with van der Waals surface area (Å²) in [4.78, 5) is 14.8. The van der Waals surface area contributed by atoms with Crippen LogP contribution in [0.15, 0.2) is 35.5 Å². The van der Waals surface area contributed by atoms with E-state index in [-0.39, 0.29) is 17.9 Å². The summed E-state index contributed by atoms with van der Waals surface area (Å²) < 4.78 is 15.4. The first kappa shape index (κ1) is 16.8. The molecule has 2 amide bonds. The second-order valence-corrected chi connectivity index (χ2v) is 6.80. The zero-order valence-corrected chi connectivity index (χ0v) is 14.3. The molecule has 1 aromatic carbocycles. The van der Waals surface area contributed by atoms with Gasteiger partial charge in [-0.15, -0.1) is 22.0 Å². The summed E-state index contributed by atoms with van der Waals surface area (Å²) in [5.41, 5.74) is 0. The van der Waals surface area contributed by atoms with Crippen LogP contribution in [0.3, 0.4) is 0 Å². The predicted octanol–water partition coefficient (Wildman–Crippen LogP) is 2.59. The molecule has 0 radical (unpaired) electrons. The van der Waals surface area contributed by atoms with Crippen molar-refractivity contribution in [2.24, 2.45) is 7.05 Å². The van der Waals surface area contributed by atoms with Crippen molar-refractivity contribution >= 4 is 17.8 Å². The highest BCUT2D eigenvalue weighted by Crippen LogP contribution is 2.30. The van der Waals surface area contributed by atoms with E-state index in [9.17, 15) is 9.18 Å². The molecule has 8 heteroatoms. The molecule has 1 N–H and O–H groups in total. The van der Waals surface area contributed by atoms with Gasteiger partial charge in [0.25, 0.3) is 0 Å². The normalized spacial score (nSPS) is 17.2. The van der Waals surface area contributed by atoms with Crippen molar-refractivity contribution in [1.82, 2.24) is 25.0 Å². The molecule has 1 aromatic heterocycles. The fraction of sp³-hybridized carbons (Fsp3) is 0.438. The number of nitrogens with zero attached hydrogens (tertiary/aromatic N) is 4. The molecule has 1 aliphatic heterocycles.